The molecule has 0 saturated carbocycles. The van der Waals surface area contributed by atoms with Crippen LogP contribution < -0.4 is 0 Å². The van der Waals surface area contributed by atoms with Gasteiger partial charge in [-0.2, -0.15) is 0 Å². The molecule has 30 heavy (non-hydrogen) atoms. The summed E-state index contributed by atoms with van der Waals surface area (Å²) in [7, 11) is 3.43. The Morgan fingerprint density at radius 1 is 1.17 bits per heavy atom. The van der Waals surface area contributed by atoms with E-state index in [1.165, 1.54) is 0 Å². The third kappa shape index (κ3) is 7.05. The van der Waals surface area contributed by atoms with Gasteiger partial charge in [-0.1, -0.05) is 49.5 Å². The molecule has 1 nitrogen and oxygen atoms in total. The molecule has 1 aromatic rings. The molecule has 0 aliphatic carbocycles. The van der Waals surface area contributed by atoms with Crippen molar-refractivity contribution in [2.24, 2.45) is 0 Å². The molecule has 0 bridgehead atoms. The van der Waals surface area contributed by atoms with Crippen LogP contribution in [0.1, 0.15) is 44.7 Å². The third-order valence-corrected chi connectivity index (χ3v) is 4.60. The van der Waals surface area contributed by atoms with Gasteiger partial charge in [0.2, 0.25) is 6.43 Å². The summed E-state index contributed by atoms with van der Waals surface area (Å²) in [5, 5.41) is 0. The SMILES string of the molecule is C=C/C=C(\C=C/C)C(/C=C(/C)CC)=C(\c1c(F)cc(CCC(F)F)cc1F)N(C)C. The molecule has 164 valence electrons. The van der Waals surface area contributed by atoms with E-state index in [2.05, 4.69) is 6.58 Å². The normalized spacial score (nSPS) is 13.8. The van der Waals surface area contributed by atoms with Gasteiger partial charge in [-0.3, -0.25) is 0 Å². The maximum Gasteiger partial charge on any atom is 0.239 e. The summed E-state index contributed by atoms with van der Waals surface area (Å²) in [4.78, 5) is 1.66. The molecule has 0 N–H and O–H groups in total. The highest BCUT2D eigenvalue weighted by molar-refractivity contribution is 5.76. The Kier molecular flexibility index (Phi) is 10.4. The lowest BCUT2D eigenvalue weighted by Gasteiger charge is -2.24. The van der Waals surface area contributed by atoms with Crippen molar-refractivity contribution in [1.29, 1.82) is 0 Å². The van der Waals surface area contributed by atoms with E-state index in [1.807, 2.05) is 39.0 Å². The van der Waals surface area contributed by atoms with Crippen LogP contribution in [0.2, 0.25) is 0 Å². The van der Waals surface area contributed by atoms with E-state index >= 15 is 8.78 Å². The lowest BCUT2D eigenvalue weighted by molar-refractivity contribution is 0.138. The van der Waals surface area contributed by atoms with Crippen LogP contribution in [0.4, 0.5) is 17.6 Å². The summed E-state index contributed by atoms with van der Waals surface area (Å²) in [5.74, 6) is -1.55. The van der Waals surface area contributed by atoms with E-state index in [0.29, 0.717) is 11.3 Å². The van der Waals surface area contributed by atoms with Crippen LogP contribution in [0.25, 0.3) is 5.70 Å². The van der Waals surface area contributed by atoms with Gasteiger partial charge >= 0.3 is 0 Å². The zero-order valence-electron chi connectivity index (χ0n) is 18.4. The molecule has 0 aliphatic rings. The quantitative estimate of drug-likeness (QED) is 0.280. The molecule has 0 saturated heterocycles. The molecule has 0 atom stereocenters. The van der Waals surface area contributed by atoms with Crippen LogP contribution in [-0.2, 0) is 6.42 Å². The average molecular weight is 422 g/mol. The third-order valence-electron chi connectivity index (χ3n) is 4.60. The number of hydrogen-bond donors (Lipinski definition) is 0. The highest BCUT2D eigenvalue weighted by Gasteiger charge is 2.22. The zero-order valence-corrected chi connectivity index (χ0v) is 18.4. The van der Waals surface area contributed by atoms with Gasteiger partial charge in [0, 0.05) is 26.1 Å². The predicted octanol–water partition coefficient (Wildman–Crippen LogP) is 7.48. The monoisotopic (exact) mass is 421 g/mol. The first-order valence-corrected chi connectivity index (χ1v) is 9.97. The first-order valence-electron chi connectivity index (χ1n) is 9.97. The number of benzene rings is 1. The number of nitrogens with zero attached hydrogens (tertiary/aromatic N) is 1. The fraction of sp³-hybridized carbons (Fsp3) is 0.360. The van der Waals surface area contributed by atoms with Crippen molar-refractivity contribution in [3.63, 3.8) is 0 Å². The maximum atomic E-state index is 15.1. The van der Waals surface area contributed by atoms with Crippen molar-refractivity contribution in [3.05, 3.63) is 88.6 Å². The standard InChI is InChI=1S/C25H31F4N/c1-7-10-19(11-8-2)20(14-17(4)9-3)25(30(5)6)24-21(26)15-18(16-22(24)27)12-13-23(28)29/h7-8,10-11,14-16,23H,1,9,12-13H2,2-6H3/b11-8-,17-14-,19-10+,25-20+. The van der Waals surface area contributed by atoms with Gasteiger partial charge in [-0.25, -0.2) is 17.6 Å². The molecule has 1 aromatic carbocycles. The molecule has 0 amide bonds. The zero-order chi connectivity index (χ0) is 22.8. The molecule has 0 spiro atoms. The average Bonchev–Trinajstić information content (AvgIpc) is 2.67. The highest BCUT2D eigenvalue weighted by atomic mass is 19.3. The fourth-order valence-corrected chi connectivity index (χ4v) is 3.05. The largest absolute Gasteiger partial charge is 0.377 e. The van der Waals surface area contributed by atoms with E-state index < -0.39 is 24.5 Å². The first kappa shape index (κ1) is 25.5. The van der Waals surface area contributed by atoms with Crippen molar-refractivity contribution < 1.29 is 17.6 Å². The summed E-state index contributed by atoms with van der Waals surface area (Å²) in [6.07, 6.45) is 6.75. The minimum absolute atomic E-state index is 0.0886. The van der Waals surface area contributed by atoms with Crippen LogP contribution >= 0.6 is 0 Å². The van der Waals surface area contributed by atoms with Crippen molar-refractivity contribution in [2.45, 2.75) is 46.5 Å². The molecule has 1 rings (SSSR count). The van der Waals surface area contributed by atoms with Crippen LogP contribution in [0.3, 0.4) is 0 Å². The van der Waals surface area contributed by atoms with E-state index in [-0.39, 0.29) is 17.5 Å². The van der Waals surface area contributed by atoms with E-state index in [4.69, 9.17) is 0 Å². The first-order chi connectivity index (χ1) is 14.2. The Bertz CT molecular complexity index is 835. The Morgan fingerprint density at radius 2 is 1.77 bits per heavy atom. The Morgan fingerprint density at radius 3 is 2.20 bits per heavy atom. The van der Waals surface area contributed by atoms with Crippen LogP contribution in [0, 0.1) is 11.6 Å². The van der Waals surface area contributed by atoms with Gasteiger partial charge in [0.25, 0.3) is 0 Å². The van der Waals surface area contributed by atoms with Gasteiger partial charge in [0.1, 0.15) is 11.6 Å². The van der Waals surface area contributed by atoms with Crippen LogP contribution in [-0.4, -0.2) is 25.4 Å². The molecule has 0 radical (unpaired) electrons. The van der Waals surface area contributed by atoms with E-state index in [1.54, 1.807) is 31.1 Å². The summed E-state index contributed by atoms with van der Waals surface area (Å²) < 4.78 is 55.2. The molecule has 0 unspecified atom stereocenters. The van der Waals surface area contributed by atoms with Gasteiger partial charge < -0.3 is 4.90 Å². The van der Waals surface area contributed by atoms with Gasteiger partial charge in [-0.05, 0) is 50.0 Å². The summed E-state index contributed by atoms with van der Waals surface area (Å²) in [6.45, 7) is 9.56. The van der Waals surface area contributed by atoms with Crippen molar-refractivity contribution in [1.82, 2.24) is 4.90 Å². The van der Waals surface area contributed by atoms with E-state index in [9.17, 15) is 8.78 Å². The molecular weight excluding hydrogens is 390 g/mol. The maximum absolute atomic E-state index is 15.1. The number of rotatable bonds is 10. The minimum Gasteiger partial charge on any atom is -0.377 e. The van der Waals surface area contributed by atoms with Crippen molar-refractivity contribution in [3.8, 4) is 0 Å². The smallest absolute Gasteiger partial charge is 0.239 e. The molecule has 0 heterocycles. The second-order valence-electron chi connectivity index (χ2n) is 7.22. The van der Waals surface area contributed by atoms with Gasteiger partial charge in [0.05, 0.1) is 11.3 Å². The summed E-state index contributed by atoms with van der Waals surface area (Å²) >= 11 is 0. The second-order valence-corrected chi connectivity index (χ2v) is 7.22. The highest BCUT2D eigenvalue weighted by Crippen LogP contribution is 2.33. The van der Waals surface area contributed by atoms with E-state index in [0.717, 1.165) is 29.7 Å². The molecule has 5 heteroatoms. The number of alkyl halides is 2. The van der Waals surface area contributed by atoms with Crippen molar-refractivity contribution in [2.75, 3.05) is 14.1 Å². The lowest BCUT2D eigenvalue weighted by atomic mass is 9.94. The Labute approximate surface area is 177 Å². The Hall–Kier alpha value is -2.56. The molecule has 0 fully saturated rings. The number of aryl methyl sites for hydroxylation is 1. The van der Waals surface area contributed by atoms with Gasteiger partial charge in [-0.15, -0.1) is 0 Å². The topological polar surface area (TPSA) is 3.24 Å². The number of allylic oxidation sites excluding steroid dienone is 8. The summed E-state index contributed by atoms with van der Waals surface area (Å²) in [6, 6.07) is 2.29. The lowest BCUT2D eigenvalue weighted by Crippen LogP contribution is -2.16. The molecule has 0 aliphatic heterocycles. The molecule has 0 aromatic heterocycles. The van der Waals surface area contributed by atoms with Crippen LogP contribution in [0.5, 0.6) is 0 Å². The predicted molar refractivity (Wildman–Crippen MR) is 118 cm³/mol. The number of halogens is 4. The molecular formula is C25H31F4N. The Balaban J connectivity index is 3.86. The second kappa shape index (κ2) is 12.2. The number of hydrogen-bond acceptors (Lipinski definition) is 1. The fourth-order valence-electron chi connectivity index (χ4n) is 3.05. The van der Waals surface area contributed by atoms with Crippen LogP contribution in [0.15, 0.2) is 65.8 Å². The minimum atomic E-state index is -2.52. The van der Waals surface area contributed by atoms with Gasteiger partial charge in [0.15, 0.2) is 0 Å². The van der Waals surface area contributed by atoms with Crippen molar-refractivity contribution >= 4 is 5.70 Å². The summed E-state index contributed by atoms with van der Waals surface area (Å²) in [5.41, 5.74) is 2.84.